The van der Waals surface area contributed by atoms with Crippen LogP contribution in [0.3, 0.4) is 0 Å². The molecular formula is C24H35N5O. The van der Waals surface area contributed by atoms with Crippen molar-refractivity contribution < 1.29 is 0 Å². The van der Waals surface area contributed by atoms with E-state index in [9.17, 15) is 4.79 Å². The summed E-state index contributed by atoms with van der Waals surface area (Å²) in [6.07, 6.45) is 7.53. The Labute approximate surface area is 178 Å². The summed E-state index contributed by atoms with van der Waals surface area (Å²) in [5.74, 6) is 0.625. The van der Waals surface area contributed by atoms with E-state index in [0.29, 0.717) is 11.3 Å². The van der Waals surface area contributed by atoms with Crippen molar-refractivity contribution >= 4 is 11.0 Å². The zero-order chi connectivity index (χ0) is 20.3. The molecular weight excluding hydrogens is 374 g/mol. The van der Waals surface area contributed by atoms with Gasteiger partial charge in [0.05, 0.1) is 17.1 Å². The average Bonchev–Trinajstić information content (AvgIpc) is 2.97. The highest BCUT2D eigenvalue weighted by atomic mass is 16.1. The van der Waals surface area contributed by atoms with Crippen LogP contribution in [0.2, 0.25) is 0 Å². The Balaban J connectivity index is 1.18. The van der Waals surface area contributed by atoms with Crippen LogP contribution in [0.15, 0.2) is 23.0 Å². The number of fused-ring (bicyclic) bond motifs is 1. The molecule has 3 aliphatic heterocycles. The molecule has 1 aliphatic carbocycles. The smallest absolute Gasteiger partial charge is 0.316 e. The zero-order valence-electron chi connectivity index (χ0n) is 18.2. The first-order valence-corrected chi connectivity index (χ1v) is 12.0. The SMILES string of the molecule is Cn1c(=O)n(C2CCCNC2)c2ccc(C3CCN(C4CC5(CNC5)C4)CC3)cc21. The molecule has 3 saturated heterocycles. The Morgan fingerprint density at radius 2 is 1.80 bits per heavy atom. The van der Waals surface area contributed by atoms with Crippen molar-refractivity contribution in [1.82, 2.24) is 24.7 Å². The lowest BCUT2D eigenvalue weighted by molar-refractivity contribution is -0.0432. The molecule has 0 bridgehead atoms. The minimum Gasteiger partial charge on any atom is -0.316 e. The van der Waals surface area contributed by atoms with E-state index in [1.807, 2.05) is 16.2 Å². The second kappa shape index (κ2) is 7.21. The summed E-state index contributed by atoms with van der Waals surface area (Å²) in [4.78, 5) is 15.8. The molecule has 6 nitrogen and oxygen atoms in total. The van der Waals surface area contributed by atoms with Crippen LogP contribution in [-0.2, 0) is 7.05 Å². The van der Waals surface area contributed by atoms with Crippen LogP contribution in [-0.4, -0.2) is 59.3 Å². The lowest BCUT2D eigenvalue weighted by Gasteiger charge is -2.58. The predicted molar refractivity (Wildman–Crippen MR) is 120 cm³/mol. The van der Waals surface area contributed by atoms with E-state index in [1.54, 1.807) is 0 Å². The quantitative estimate of drug-likeness (QED) is 0.816. The Kier molecular flexibility index (Phi) is 4.59. The number of rotatable bonds is 3. The Morgan fingerprint density at radius 1 is 1.00 bits per heavy atom. The Hall–Kier alpha value is -1.63. The Morgan fingerprint density at radius 3 is 2.47 bits per heavy atom. The maximum atomic E-state index is 13.0. The fourth-order valence-corrected chi connectivity index (χ4v) is 6.60. The van der Waals surface area contributed by atoms with Gasteiger partial charge in [-0.2, -0.15) is 0 Å². The number of likely N-dealkylation sites (tertiary alicyclic amines) is 1. The van der Waals surface area contributed by atoms with Crippen molar-refractivity contribution in [3.63, 3.8) is 0 Å². The van der Waals surface area contributed by atoms with Gasteiger partial charge in [0.2, 0.25) is 0 Å². The maximum Gasteiger partial charge on any atom is 0.329 e. The van der Waals surface area contributed by atoms with Crippen molar-refractivity contribution in [1.29, 1.82) is 0 Å². The van der Waals surface area contributed by atoms with Crippen molar-refractivity contribution in [2.45, 2.75) is 56.5 Å². The molecule has 2 aromatic rings. The molecule has 0 amide bonds. The summed E-state index contributed by atoms with van der Waals surface area (Å²) in [5, 5.41) is 6.91. The molecule has 1 saturated carbocycles. The summed E-state index contributed by atoms with van der Waals surface area (Å²) >= 11 is 0. The standard InChI is InChI=1S/C24H35N5O/c1-27-22-11-18(4-5-21(22)29(23(27)30)19-3-2-8-25-14-19)17-6-9-28(10-7-17)20-12-24(13-20)15-26-16-24/h4-5,11,17,19-20,25-26H,2-3,6-10,12-16H2,1H3. The number of hydrogen-bond acceptors (Lipinski definition) is 4. The number of hydrogen-bond donors (Lipinski definition) is 2. The number of nitrogens with zero attached hydrogens (tertiary/aromatic N) is 3. The van der Waals surface area contributed by atoms with Crippen molar-refractivity contribution in [2.75, 3.05) is 39.3 Å². The van der Waals surface area contributed by atoms with Crippen LogP contribution >= 0.6 is 0 Å². The van der Waals surface area contributed by atoms with Crippen molar-refractivity contribution in [3.8, 4) is 0 Å². The first-order valence-electron chi connectivity index (χ1n) is 12.0. The van der Waals surface area contributed by atoms with Gasteiger partial charge in [-0.3, -0.25) is 9.13 Å². The topological polar surface area (TPSA) is 54.2 Å². The number of piperidine rings is 2. The third kappa shape index (κ3) is 2.99. The molecule has 4 fully saturated rings. The number of aryl methyl sites for hydroxylation is 1. The van der Waals surface area contributed by atoms with E-state index >= 15 is 0 Å². The molecule has 1 unspecified atom stereocenters. The fourth-order valence-electron chi connectivity index (χ4n) is 6.60. The average molecular weight is 410 g/mol. The largest absolute Gasteiger partial charge is 0.329 e. The van der Waals surface area contributed by atoms with Gasteiger partial charge >= 0.3 is 5.69 Å². The van der Waals surface area contributed by atoms with Gasteiger partial charge in [-0.1, -0.05) is 6.07 Å². The highest BCUT2D eigenvalue weighted by Gasteiger charge is 2.50. The molecule has 1 aromatic carbocycles. The number of benzene rings is 1. The molecule has 1 atom stereocenters. The van der Waals surface area contributed by atoms with Gasteiger partial charge in [0.15, 0.2) is 0 Å². The molecule has 6 rings (SSSR count). The van der Waals surface area contributed by atoms with Crippen LogP contribution < -0.4 is 16.3 Å². The third-order valence-corrected chi connectivity index (χ3v) is 8.60. The van der Waals surface area contributed by atoms with Gasteiger partial charge in [-0.05, 0) is 87.2 Å². The summed E-state index contributed by atoms with van der Waals surface area (Å²) in [6, 6.07) is 7.93. The van der Waals surface area contributed by atoms with Gasteiger partial charge in [0.1, 0.15) is 0 Å². The van der Waals surface area contributed by atoms with Gasteiger partial charge in [0, 0.05) is 32.7 Å². The first-order chi connectivity index (χ1) is 14.6. The molecule has 2 N–H and O–H groups in total. The normalized spacial score (nSPS) is 28.0. The summed E-state index contributed by atoms with van der Waals surface area (Å²) in [7, 11) is 1.94. The minimum atomic E-state index is 0.134. The molecule has 1 aromatic heterocycles. The molecule has 30 heavy (non-hydrogen) atoms. The van der Waals surface area contributed by atoms with E-state index in [0.717, 1.165) is 43.0 Å². The van der Waals surface area contributed by atoms with Crippen LogP contribution in [0.25, 0.3) is 11.0 Å². The monoisotopic (exact) mass is 409 g/mol. The summed E-state index contributed by atoms with van der Waals surface area (Å²) < 4.78 is 3.90. The molecule has 6 heteroatoms. The van der Waals surface area contributed by atoms with Crippen LogP contribution in [0.1, 0.15) is 56.0 Å². The van der Waals surface area contributed by atoms with Gasteiger partial charge in [-0.15, -0.1) is 0 Å². The fraction of sp³-hybridized carbons (Fsp3) is 0.708. The van der Waals surface area contributed by atoms with Crippen molar-refractivity contribution in [2.24, 2.45) is 12.5 Å². The third-order valence-electron chi connectivity index (χ3n) is 8.60. The molecule has 162 valence electrons. The minimum absolute atomic E-state index is 0.134. The molecule has 0 radical (unpaired) electrons. The number of nitrogens with one attached hydrogen (secondary N) is 2. The number of imidazole rings is 1. The maximum absolute atomic E-state index is 13.0. The summed E-state index contributed by atoms with van der Waals surface area (Å²) in [5.41, 5.74) is 4.42. The first kappa shape index (κ1) is 19.1. The summed E-state index contributed by atoms with van der Waals surface area (Å²) in [6.45, 7) is 6.91. The van der Waals surface area contributed by atoms with E-state index in [-0.39, 0.29) is 11.7 Å². The van der Waals surface area contributed by atoms with E-state index in [4.69, 9.17) is 0 Å². The van der Waals surface area contributed by atoms with E-state index in [2.05, 4.69) is 33.7 Å². The number of aromatic nitrogens is 2. The molecule has 1 spiro atoms. The predicted octanol–water partition coefficient (Wildman–Crippen LogP) is 2.20. The lowest BCUT2D eigenvalue weighted by atomic mass is 9.61. The molecule has 4 aliphatic rings. The van der Waals surface area contributed by atoms with Crippen LogP contribution in [0, 0.1) is 5.41 Å². The Bertz CT molecular complexity index is 981. The highest BCUT2D eigenvalue weighted by Crippen LogP contribution is 2.47. The van der Waals surface area contributed by atoms with Crippen LogP contribution in [0.5, 0.6) is 0 Å². The molecule has 4 heterocycles. The van der Waals surface area contributed by atoms with Gasteiger partial charge in [0.25, 0.3) is 0 Å². The van der Waals surface area contributed by atoms with E-state index in [1.165, 1.54) is 57.4 Å². The van der Waals surface area contributed by atoms with Gasteiger partial charge < -0.3 is 15.5 Å². The second-order valence-corrected chi connectivity index (χ2v) is 10.4. The van der Waals surface area contributed by atoms with Gasteiger partial charge in [-0.25, -0.2) is 4.79 Å². The van der Waals surface area contributed by atoms with Crippen molar-refractivity contribution in [3.05, 3.63) is 34.2 Å². The lowest BCUT2D eigenvalue weighted by Crippen LogP contribution is -2.65. The zero-order valence-corrected chi connectivity index (χ0v) is 18.2. The highest BCUT2D eigenvalue weighted by molar-refractivity contribution is 5.77. The van der Waals surface area contributed by atoms with Crippen LogP contribution in [0.4, 0.5) is 0 Å². The second-order valence-electron chi connectivity index (χ2n) is 10.4. The van der Waals surface area contributed by atoms with E-state index < -0.39 is 0 Å².